The molecule has 0 bridgehead atoms. The van der Waals surface area contributed by atoms with Crippen LogP contribution in [-0.2, 0) is 4.79 Å². The van der Waals surface area contributed by atoms with Crippen molar-refractivity contribution in [2.24, 2.45) is 0 Å². The molecule has 0 radical (unpaired) electrons. The number of amides is 1. The molecule has 104 valence electrons. The van der Waals surface area contributed by atoms with Crippen LogP contribution in [0.1, 0.15) is 37.6 Å². The average Bonchev–Trinajstić information content (AvgIpc) is 2.36. The van der Waals surface area contributed by atoms with Gasteiger partial charge in [-0.3, -0.25) is 9.59 Å². The number of benzene rings is 1. The van der Waals surface area contributed by atoms with E-state index < -0.39 is 0 Å². The fourth-order valence-electron chi connectivity index (χ4n) is 1.35. The van der Waals surface area contributed by atoms with Crippen molar-refractivity contribution >= 4 is 23.8 Å². The second-order valence-electron chi connectivity index (χ2n) is 4.88. The summed E-state index contributed by atoms with van der Waals surface area (Å²) in [6.07, 6.45) is 1.53. The number of carbonyl (C=O) groups excluding carboxylic acids is 2. The van der Waals surface area contributed by atoms with Gasteiger partial charge in [-0.1, -0.05) is 18.5 Å². The van der Waals surface area contributed by atoms with Crippen LogP contribution in [0.25, 0.3) is 0 Å². The van der Waals surface area contributed by atoms with Crippen molar-refractivity contribution in [3.63, 3.8) is 0 Å². The molecular weight excluding hydrogens is 266 g/mol. The molecule has 0 aliphatic carbocycles. The van der Waals surface area contributed by atoms with Gasteiger partial charge < -0.3 is 10.1 Å². The Morgan fingerprint density at radius 2 is 2.16 bits per heavy atom. The highest BCUT2D eigenvalue weighted by molar-refractivity contribution is 6.32. The highest BCUT2D eigenvalue weighted by atomic mass is 35.5. The molecule has 0 aromatic heterocycles. The summed E-state index contributed by atoms with van der Waals surface area (Å²) in [5.41, 5.74) is 0.208. The largest absolute Gasteiger partial charge is 0.482 e. The molecule has 0 atom stereocenters. The predicted octanol–water partition coefficient (Wildman–Crippen LogP) is 2.84. The summed E-state index contributed by atoms with van der Waals surface area (Å²) in [6, 6.07) is 4.66. The van der Waals surface area contributed by atoms with Gasteiger partial charge >= 0.3 is 0 Å². The molecule has 1 N–H and O–H groups in total. The number of halogens is 1. The Labute approximate surface area is 118 Å². The fraction of sp³-hybridized carbons (Fsp3) is 0.429. The van der Waals surface area contributed by atoms with Gasteiger partial charge in [0, 0.05) is 11.1 Å². The zero-order valence-corrected chi connectivity index (χ0v) is 12.1. The van der Waals surface area contributed by atoms with Crippen molar-refractivity contribution in [2.75, 3.05) is 6.61 Å². The van der Waals surface area contributed by atoms with E-state index in [9.17, 15) is 9.59 Å². The number of hydrogen-bond donors (Lipinski definition) is 1. The molecule has 1 aromatic carbocycles. The first kappa shape index (κ1) is 15.5. The van der Waals surface area contributed by atoms with Crippen LogP contribution >= 0.6 is 11.6 Å². The quantitative estimate of drug-likeness (QED) is 0.817. The minimum absolute atomic E-state index is 0.108. The minimum Gasteiger partial charge on any atom is -0.482 e. The lowest BCUT2D eigenvalue weighted by Gasteiger charge is -2.24. The van der Waals surface area contributed by atoms with Crippen molar-refractivity contribution in [1.29, 1.82) is 0 Å². The van der Waals surface area contributed by atoms with E-state index in [0.29, 0.717) is 22.6 Å². The van der Waals surface area contributed by atoms with E-state index in [1.54, 1.807) is 12.1 Å². The van der Waals surface area contributed by atoms with Gasteiger partial charge in [-0.15, -0.1) is 0 Å². The van der Waals surface area contributed by atoms with Gasteiger partial charge in [-0.05, 0) is 38.5 Å². The van der Waals surface area contributed by atoms with Gasteiger partial charge in [0.15, 0.2) is 6.61 Å². The number of nitrogens with one attached hydrogen (secondary N) is 1. The van der Waals surface area contributed by atoms with E-state index in [2.05, 4.69) is 5.32 Å². The Morgan fingerprint density at radius 1 is 1.47 bits per heavy atom. The second kappa shape index (κ2) is 6.57. The average molecular weight is 284 g/mol. The van der Waals surface area contributed by atoms with Crippen molar-refractivity contribution in [2.45, 2.75) is 32.7 Å². The van der Waals surface area contributed by atoms with E-state index in [0.717, 1.165) is 6.42 Å². The summed E-state index contributed by atoms with van der Waals surface area (Å²) >= 11 is 5.94. The highest BCUT2D eigenvalue weighted by Gasteiger charge is 2.18. The minimum atomic E-state index is -0.258. The van der Waals surface area contributed by atoms with Crippen LogP contribution in [-0.4, -0.2) is 24.3 Å². The van der Waals surface area contributed by atoms with Crippen LogP contribution in [0.4, 0.5) is 0 Å². The Balaban J connectivity index is 2.57. The predicted molar refractivity (Wildman–Crippen MR) is 74.8 cm³/mol. The molecule has 0 unspecified atom stereocenters. The topological polar surface area (TPSA) is 55.4 Å². The van der Waals surface area contributed by atoms with E-state index in [1.165, 1.54) is 6.07 Å². The molecule has 1 amide bonds. The molecule has 0 heterocycles. The second-order valence-corrected chi connectivity index (χ2v) is 5.29. The first-order valence-corrected chi connectivity index (χ1v) is 6.44. The summed E-state index contributed by atoms with van der Waals surface area (Å²) < 4.78 is 5.33. The molecule has 0 aliphatic rings. The number of hydrogen-bond acceptors (Lipinski definition) is 3. The third-order valence-electron chi connectivity index (χ3n) is 2.81. The van der Waals surface area contributed by atoms with E-state index in [-0.39, 0.29) is 18.1 Å². The smallest absolute Gasteiger partial charge is 0.258 e. The van der Waals surface area contributed by atoms with Gasteiger partial charge in [0.05, 0.1) is 5.02 Å². The van der Waals surface area contributed by atoms with Crippen molar-refractivity contribution in [3.8, 4) is 5.75 Å². The Kier molecular flexibility index (Phi) is 5.36. The maximum Gasteiger partial charge on any atom is 0.258 e. The fourth-order valence-corrected chi connectivity index (χ4v) is 1.60. The van der Waals surface area contributed by atoms with Crippen LogP contribution in [0.5, 0.6) is 5.75 Å². The van der Waals surface area contributed by atoms with Crippen molar-refractivity contribution < 1.29 is 14.3 Å². The molecule has 1 aromatic rings. The van der Waals surface area contributed by atoms with E-state index >= 15 is 0 Å². The molecular formula is C14H18ClNO3. The maximum atomic E-state index is 11.7. The van der Waals surface area contributed by atoms with Gasteiger partial charge in [0.1, 0.15) is 12.0 Å². The van der Waals surface area contributed by atoms with Crippen LogP contribution in [0.2, 0.25) is 5.02 Å². The number of ether oxygens (including phenoxy) is 1. The summed E-state index contributed by atoms with van der Waals surface area (Å²) in [7, 11) is 0. The Morgan fingerprint density at radius 3 is 2.68 bits per heavy atom. The SMILES string of the molecule is CCC(C)(C)NC(=O)COc1ccc(C=O)cc1Cl. The molecule has 19 heavy (non-hydrogen) atoms. The van der Waals surface area contributed by atoms with Gasteiger partial charge in [0.2, 0.25) is 0 Å². The third-order valence-corrected chi connectivity index (χ3v) is 3.11. The standard InChI is InChI=1S/C14H18ClNO3/c1-4-14(2,3)16-13(18)9-19-12-6-5-10(8-17)7-11(12)15/h5-8H,4,9H2,1-3H3,(H,16,18). The van der Waals surface area contributed by atoms with Crippen LogP contribution in [0.15, 0.2) is 18.2 Å². The van der Waals surface area contributed by atoms with Crippen LogP contribution < -0.4 is 10.1 Å². The van der Waals surface area contributed by atoms with Gasteiger partial charge in [0.25, 0.3) is 5.91 Å². The Hall–Kier alpha value is -1.55. The lowest BCUT2D eigenvalue weighted by atomic mass is 10.0. The van der Waals surface area contributed by atoms with Crippen molar-refractivity contribution in [1.82, 2.24) is 5.32 Å². The summed E-state index contributed by atoms with van der Waals surface area (Å²) in [4.78, 5) is 22.3. The Bertz CT molecular complexity index is 472. The molecule has 0 aliphatic heterocycles. The van der Waals surface area contributed by atoms with Crippen LogP contribution in [0.3, 0.4) is 0 Å². The molecule has 1 rings (SSSR count). The monoisotopic (exact) mass is 283 g/mol. The number of carbonyl (C=O) groups is 2. The van der Waals surface area contributed by atoms with E-state index in [1.807, 2.05) is 20.8 Å². The van der Waals surface area contributed by atoms with Crippen LogP contribution in [0, 0.1) is 0 Å². The lowest BCUT2D eigenvalue weighted by Crippen LogP contribution is -2.44. The van der Waals surface area contributed by atoms with Gasteiger partial charge in [-0.25, -0.2) is 0 Å². The van der Waals surface area contributed by atoms with Gasteiger partial charge in [-0.2, -0.15) is 0 Å². The molecule has 0 saturated carbocycles. The summed E-state index contributed by atoms with van der Waals surface area (Å²) in [6.45, 7) is 5.77. The number of aldehydes is 1. The summed E-state index contributed by atoms with van der Waals surface area (Å²) in [5, 5.41) is 3.17. The lowest BCUT2D eigenvalue weighted by molar-refractivity contribution is -0.124. The normalized spacial score (nSPS) is 10.9. The first-order valence-electron chi connectivity index (χ1n) is 6.06. The molecule has 5 heteroatoms. The molecule has 4 nitrogen and oxygen atoms in total. The number of rotatable bonds is 6. The first-order chi connectivity index (χ1) is 8.88. The highest BCUT2D eigenvalue weighted by Crippen LogP contribution is 2.24. The zero-order valence-electron chi connectivity index (χ0n) is 11.3. The molecule has 0 spiro atoms. The third kappa shape index (κ3) is 4.91. The summed E-state index contributed by atoms with van der Waals surface area (Å²) in [5.74, 6) is 0.180. The van der Waals surface area contributed by atoms with Crippen molar-refractivity contribution in [3.05, 3.63) is 28.8 Å². The zero-order chi connectivity index (χ0) is 14.5. The van der Waals surface area contributed by atoms with E-state index in [4.69, 9.17) is 16.3 Å². The molecule has 0 fully saturated rings. The maximum absolute atomic E-state index is 11.7. The molecule has 0 saturated heterocycles.